The molecule has 0 radical (unpaired) electrons. The minimum atomic E-state index is 0.0621. The normalized spacial score (nSPS) is 18.4. The van der Waals surface area contributed by atoms with E-state index >= 15 is 0 Å². The number of rotatable bonds is 5. The van der Waals surface area contributed by atoms with Crippen molar-refractivity contribution < 1.29 is 9.53 Å². The lowest BCUT2D eigenvalue weighted by Gasteiger charge is -2.32. The molecule has 4 rings (SSSR count). The van der Waals surface area contributed by atoms with Crippen LogP contribution in [0.1, 0.15) is 28.8 Å². The van der Waals surface area contributed by atoms with Crippen molar-refractivity contribution in [3.05, 3.63) is 53.7 Å². The summed E-state index contributed by atoms with van der Waals surface area (Å²) in [6.45, 7) is 6.88. The predicted octanol–water partition coefficient (Wildman–Crippen LogP) is 2.86. The largest absolute Gasteiger partial charge is 0.439 e. The number of hydrogen-bond acceptors (Lipinski definition) is 5. The number of likely N-dealkylation sites (N-methyl/N-ethyl adjacent to an activating group) is 1. The van der Waals surface area contributed by atoms with Gasteiger partial charge in [-0.3, -0.25) is 9.69 Å². The minimum absolute atomic E-state index is 0.0621. The second-order valence-electron chi connectivity index (χ2n) is 7.67. The van der Waals surface area contributed by atoms with E-state index in [0.717, 1.165) is 70.0 Å². The number of piperazine rings is 1. The molecule has 2 aliphatic rings. The summed E-state index contributed by atoms with van der Waals surface area (Å²) >= 11 is 0. The molecule has 1 aromatic carbocycles. The fraction of sp³-hybridized carbons (Fsp3) is 0.455. The first kappa shape index (κ1) is 18.9. The van der Waals surface area contributed by atoms with Crippen LogP contribution in [-0.4, -0.2) is 71.9 Å². The van der Waals surface area contributed by atoms with E-state index in [-0.39, 0.29) is 5.91 Å². The van der Waals surface area contributed by atoms with Gasteiger partial charge in [0.2, 0.25) is 5.88 Å². The van der Waals surface area contributed by atoms with Crippen LogP contribution < -0.4 is 4.74 Å². The molecule has 1 aromatic heterocycles. The smallest absolute Gasteiger partial charge is 0.255 e. The van der Waals surface area contributed by atoms with E-state index in [2.05, 4.69) is 27.9 Å². The maximum atomic E-state index is 12.5. The van der Waals surface area contributed by atoms with Gasteiger partial charge in [0.1, 0.15) is 5.75 Å². The van der Waals surface area contributed by atoms with Gasteiger partial charge in [-0.15, -0.1) is 0 Å². The molecular weight excluding hydrogens is 352 g/mol. The van der Waals surface area contributed by atoms with Crippen molar-refractivity contribution >= 4 is 5.91 Å². The van der Waals surface area contributed by atoms with Crippen molar-refractivity contribution in [1.82, 2.24) is 19.7 Å². The lowest BCUT2D eigenvalue weighted by Crippen LogP contribution is -2.43. The first-order valence-corrected chi connectivity index (χ1v) is 10.1. The Bertz CT molecular complexity index is 794. The maximum Gasteiger partial charge on any atom is 0.255 e. The Morgan fingerprint density at radius 3 is 2.46 bits per heavy atom. The van der Waals surface area contributed by atoms with Gasteiger partial charge in [0, 0.05) is 63.6 Å². The van der Waals surface area contributed by atoms with Crippen LogP contribution in [0.25, 0.3) is 0 Å². The van der Waals surface area contributed by atoms with E-state index in [4.69, 9.17) is 4.74 Å². The standard InChI is InChI=1S/C22H28N4O2/c1-24-12-14-25(15-13-24)17-19-6-2-3-7-20(19)28-21-9-8-18(16-23-21)22(27)26-10-4-5-11-26/h2-3,6-9,16H,4-5,10-15,17H2,1H3. The number of para-hydroxylation sites is 1. The molecule has 0 atom stereocenters. The zero-order valence-electron chi connectivity index (χ0n) is 16.5. The van der Waals surface area contributed by atoms with Gasteiger partial charge in [0.15, 0.2) is 0 Å². The number of amides is 1. The molecule has 0 unspecified atom stereocenters. The summed E-state index contributed by atoms with van der Waals surface area (Å²) in [5.41, 5.74) is 1.78. The summed E-state index contributed by atoms with van der Waals surface area (Å²) in [5, 5.41) is 0. The Labute approximate surface area is 166 Å². The topological polar surface area (TPSA) is 48.9 Å². The third kappa shape index (κ3) is 4.51. The third-order valence-corrected chi connectivity index (χ3v) is 5.55. The van der Waals surface area contributed by atoms with Crippen molar-refractivity contribution in [2.24, 2.45) is 0 Å². The second-order valence-corrected chi connectivity index (χ2v) is 7.67. The monoisotopic (exact) mass is 380 g/mol. The summed E-state index contributed by atoms with van der Waals surface area (Å²) < 4.78 is 6.06. The molecule has 2 fully saturated rings. The molecule has 0 N–H and O–H groups in total. The summed E-state index contributed by atoms with van der Waals surface area (Å²) in [4.78, 5) is 23.5. The first-order valence-electron chi connectivity index (χ1n) is 10.1. The Kier molecular flexibility index (Phi) is 5.88. The van der Waals surface area contributed by atoms with E-state index in [9.17, 15) is 4.79 Å². The third-order valence-electron chi connectivity index (χ3n) is 5.55. The first-order chi connectivity index (χ1) is 13.7. The van der Waals surface area contributed by atoms with Crippen molar-refractivity contribution in [1.29, 1.82) is 0 Å². The van der Waals surface area contributed by atoms with E-state index in [1.54, 1.807) is 12.3 Å². The number of carbonyl (C=O) groups excluding carboxylic acids is 1. The van der Waals surface area contributed by atoms with Crippen molar-refractivity contribution in [2.45, 2.75) is 19.4 Å². The summed E-state index contributed by atoms with van der Waals surface area (Å²) in [6, 6.07) is 11.7. The summed E-state index contributed by atoms with van der Waals surface area (Å²) in [5.74, 6) is 1.41. The van der Waals surface area contributed by atoms with Gasteiger partial charge < -0.3 is 14.5 Å². The molecule has 148 valence electrons. The van der Waals surface area contributed by atoms with E-state index in [0.29, 0.717) is 11.4 Å². The Hall–Kier alpha value is -2.44. The number of hydrogen-bond donors (Lipinski definition) is 0. The quantitative estimate of drug-likeness (QED) is 0.798. The van der Waals surface area contributed by atoms with Crippen LogP contribution >= 0.6 is 0 Å². The zero-order valence-corrected chi connectivity index (χ0v) is 16.5. The number of pyridine rings is 1. The van der Waals surface area contributed by atoms with Crippen LogP contribution in [0, 0.1) is 0 Å². The van der Waals surface area contributed by atoms with E-state index in [1.165, 1.54) is 0 Å². The van der Waals surface area contributed by atoms with E-state index in [1.807, 2.05) is 29.2 Å². The van der Waals surface area contributed by atoms with Crippen LogP contribution in [0.2, 0.25) is 0 Å². The molecule has 0 saturated carbocycles. The number of carbonyl (C=O) groups is 1. The van der Waals surface area contributed by atoms with Gasteiger partial charge in [-0.05, 0) is 32.0 Å². The minimum Gasteiger partial charge on any atom is -0.439 e. The van der Waals surface area contributed by atoms with Gasteiger partial charge in [-0.1, -0.05) is 18.2 Å². The highest BCUT2D eigenvalue weighted by Crippen LogP contribution is 2.26. The van der Waals surface area contributed by atoms with Gasteiger partial charge >= 0.3 is 0 Å². The number of benzene rings is 1. The Morgan fingerprint density at radius 1 is 1.00 bits per heavy atom. The molecule has 28 heavy (non-hydrogen) atoms. The molecule has 0 bridgehead atoms. The van der Waals surface area contributed by atoms with Crippen LogP contribution in [-0.2, 0) is 6.54 Å². The number of ether oxygens (including phenoxy) is 1. The number of likely N-dealkylation sites (tertiary alicyclic amines) is 1. The van der Waals surface area contributed by atoms with Gasteiger partial charge in [0.05, 0.1) is 5.56 Å². The molecular formula is C22H28N4O2. The fourth-order valence-corrected chi connectivity index (χ4v) is 3.76. The van der Waals surface area contributed by atoms with Crippen molar-refractivity contribution in [2.75, 3.05) is 46.3 Å². The fourth-order valence-electron chi connectivity index (χ4n) is 3.76. The van der Waals surface area contributed by atoms with E-state index < -0.39 is 0 Å². The van der Waals surface area contributed by atoms with Crippen LogP contribution in [0.4, 0.5) is 0 Å². The summed E-state index contributed by atoms with van der Waals surface area (Å²) in [6.07, 6.45) is 3.80. The Morgan fingerprint density at radius 2 is 1.75 bits per heavy atom. The highest BCUT2D eigenvalue weighted by atomic mass is 16.5. The lowest BCUT2D eigenvalue weighted by atomic mass is 10.1. The molecule has 2 aromatic rings. The average Bonchev–Trinajstić information content (AvgIpc) is 3.26. The SMILES string of the molecule is CN1CCN(Cc2ccccc2Oc2ccc(C(=O)N3CCCC3)cn2)CC1. The predicted molar refractivity (Wildman–Crippen MR) is 109 cm³/mol. The molecule has 0 spiro atoms. The lowest BCUT2D eigenvalue weighted by molar-refractivity contribution is 0.0792. The zero-order chi connectivity index (χ0) is 19.3. The maximum absolute atomic E-state index is 12.5. The second kappa shape index (κ2) is 8.71. The molecule has 2 saturated heterocycles. The summed E-state index contributed by atoms with van der Waals surface area (Å²) in [7, 11) is 2.16. The van der Waals surface area contributed by atoms with Crippen molar-refractivity contribution in [3.63, 3.8) is 0 Å². The molecule has 0 aliphatic carbocycles. The van der Waals surface area contributed by atoms with Crippen molar-refractivity contribution in [3.8, 4) is 11.6 Å². The number of nitrogens with zero attached hydrogens (tertiary/aromatic N) is 4. The average molecular weight is 380 g/mol. The van der Waals surface area contributed by atoms with Crippen LogP contribution in [0.15, 0.2) is 42.6 Å². The molecule has 2 aliphatic heterocycles. The molecule has 3 heterocycles. The van der Waals surface area contributed by atoms with Gasteiger partial charge in [-0.2, -0.15) is 0 Å². The highest BCUT2D eigenvalue weighted by molar-refractivity contribution is 5.94. The van der Waals surface area contributed by atoms with Crippen LogP contribution in [0.5, 0.6) is 11.6 Å². The highest BCUT2D eigenvalue weighted by Gasteiger charge is 2.20. The Balaban J connectivity index is 1.42. The molecule has 6 nitrogen and oxygen atoms in total. The van der Waals surface area contributed by atoms with Gasteiger partial charge in [-0.25, -0.2) is 4.98 Å². The number of aromatic nitrogens is 1. The van der Waals surface area contributed by atoms with Crippen LogP contribution in [0.3, 0.4) is 0 Å². The molecule has 6 heteroatoms. The molecule has 1 amide bonds. The van der Waals surface area contributed by atoms with Gasteiger partial charge in [0.25, 0.3) is 5.91 Å².